The number of ketones is 1. The van der Waals surface area contributed by atoms with E-state index in [2.05, 4.69) is 27.9 Å². The van der Waals surface area contributed by atoms with E-state index in [1.54, 1.807) is 48.5 Å². The minimum atomic E-state index is -0.802. The summed E-state index contributed by atoms with van der Waals surface area (Å²) in [6.07, 6.45) is 2.29. The lowest BCUT2D eigenvalue weighted by Crippen LogP contribution is -2.29. The number of hydrogen-bond acceptors (Lipinski definition) is 6. The largest absolute Gasteiger partial charge is 0.508 e. The second-order valence-corrected chi connectivity index (χ2v) is 9.40. The van der Waals surface area contributed by atoms with Crippen LogP contribution in [0.5, 0.6) is 5.75 Å². The molecule has 0 aliphatic rings. The summed E-state index contributed by atoms with van der Waals surface area (Å²) in [6.45, 7) is 5.25. The molecule has 0 bridgehead atoms. The summed E-state index contributed by atoms with van der Waals surface area (Å²) < 4.78 is 6.66. The minimum absolute atomic E-state index is 0.00213. The van der Waals surface area contributed by atoms with Crippen LogP contribution in [0.15, 0.2) is 54.6 Å². The van der Waals surface area contributed by atoms with Crippen LogP contribution in [0.25, 0.3) is 0 Å². The van der Waals surface area contributed by atoms with Gasteiger partial charge in [-0.3, -0.25) is 20.1 Å². The number of hydroxylamine groups is 1. The number of phenolic OH excluding ortho intramolecular Hbond substituents is 1. The zero-order valence-corrected chi connectivity index (χ0v) is 20.8. The van der Waals surface area contributed by atoms with Gasteiger partial charge in [-0.05, 0) is 84.8 Å². The average Bonchev–Trinajstić information content (AvgIpc) is 2.77. The van der Waals surface area contributed by atoms with Crippen molar-refractivity contribution < 1.29 is 29.4 Å². The summed E-state index contributed by atoms with van der Waals surface area (Å²) >= 11 is 2.12. The lowest BCUT2D eigenvalue weighted by molar-refractivity contribution is -0.124. The van der Waals surface area contributed by atoms with Crippen LogP contribution in [0, 0.1) is 8.99 Å². The molecule has 1 atom stereocenters. The Bertz CT molecular complexity index is 1030. The van der Waals surface area contributed by atoms with Gasteiger partial charge in [0.05, 0.1) is 0 Å². The molecule has 0 fully saturated rings. The lowest BCUT2D eigenvalue weighted by Gasteiger charge is -2.34. The number of anilines is 1. The monoisotopic (exact) mass is 566 g/mol. The summed E-state index contributed by atoms with van der Waals surface area (Å²) in [5, 5.41) is 21.7. The van der Waals surface area contributed by atoms with Gasteiger partial charge in [0.2, 0.25) is 0 Å². The molecule has 0 aliphatic carbocycles. The Kier molecular flexibility index (Phi) is 9.42. The van der Waals surface area contributed by atoms with Crippen molar-refractivity contribution in [2.75, 3.05) is 5.32 Å². The smallest absolute Gasteiger partial charge is 0.412 e. The molecule has 2 rings (SSSR count). The Labute approximate surface area is 206 Å². The second-order valence-electron chi connectivity index (χ2n) is 8.15. The molecule has 2 amide bonds. The predicted octanol–water partition coefficient (Wildman–Crippen LogP) is 5.36. The summed E-state index contributed by atoms with van der Waals surface area (Å²) in [7, 11) is 0. The number of Topliss-reactive ketones (excluding diaryl/α,β-unsaturated/α-hetero) is 1. The van der Waals surface area contributed by atoms with E-state index < -0.39 is 23.5 Å². The normalized spacial score (nSPS) is 12.3. The number of rotatable bonds is 9. The molecular formula is C24H27IN2O6. The summed E-state index contributed by atoms with van der Waals surface area (Å²) in [5.74, 6) is -0.709. The van der Waals surface area contributed by atoms with E-state index in [0.717, 1.165) is 3.57 Å². The fourth-order valence-electron chi connectivity index (χ4n) is 3.24. The molecular weight excluding hydrogens is 539 g/mol. The third-order valence-electron chi connectivity index (χ3n) is 5.08. The number of allylic oxidation sites excluding steroid dienone is 1. The molecule has 2 aromatic rings. The third kappa shape index (κ3) is 7.86. The molecule has 0 saturated heterocycles. The zero-order valence-electron chi connectivity index (χ0n) is 18.6. The standard InChI is InChI=1S/C24H27IN2O6/c1-15(28)16-7-10-18(11-8-16)26-23(31)33-22(19-14-17(25)9-12-20(19)29)24(2,3)13-5-4-6-21(30)27-32/h4,6-12,14,22,29,32H,5,13H2,1-3H3,(H,26,31)(H,27,30)/b6-4+/t22-/m1/s1. The fraction of sp³-hybridized carbons (Fsp3) is 0.292. The van der Waals surface area contributed by atoms with Crippen molar-refractivity contribution in [2.24, 2.45) is 5.41 Å². The number of halogens is 1. The number of benzene rings is 2. The number of phenols is 1. The molecule has 9 heteroatoms. The quantitative estimate of drug-likeness (QED) is 0.107. The van der Waals surface area contributed by atoms with Gasteiger partial charge in [0.15, 0.2) is 5.78 Å². The Morgan fingerprint density at radius 2 is 1.82 bits per heavy atom. The van der Waals surface area contributed by atoms with Gasteiger partial charge >= 0.3 is 6.09 Å². The maximum atomic E-state index is 12.7. The molecule has 33 heavy (non-hydrogen) atoms. The van der Waals surface area contributed by atoms with Crippen LogP contribution < -0.4 is 10.8 Å². The molecule has 0 aromatic heterocycles. The van der Waals surface area contributed by atoms with Crippen LogP contribution in [0.4, 0.5) is 10.5 Å². The molecule has 4 N–H and O–H groups in total. The number of carbonyl (C=O) groups excluding carboxylic acids is 3. The van der Waals surface area contributed by atoms with E-state index in [0.29, 0.717) is 29.7 Å². The van der Waals surface area contributed by atoms with Gasteiger partial charge in [0.25, 0.3) is 5.91 Å². The van der Waals surface area contributed by atoms with Crippen LogP contribution in [0.2, 0.25) is 0 Å². The highest BCUT2D eigenvalue weighted by molar-refractivity contribution is 14.1. The van der Waals surface area contributed by atoms with Gasteiger partial charge in [-0.2, -0.15) is 0 Å². The average molecular weight is 566 g/mol. The molecule has 8 nitrogen and oxygen atoms in total. The number of amides is 2. The molecule has 0 saturated carbocycles. The van der Waals surface area contributed by atoms with Crippen LogP contribution in [-0.4, -0.2) is 28.1 Å². The van der Waals surface area contributed by atoms with E-state index in [-0.39, 0.29) is 11.5 Å². The maximum Gasteiger partial charge on any atom is 0.412 e. The summed E-state index contributed by atoms with van der Waals surface area (Å²) in [5.41, 5.74) is 2.36. The first-order valence-corrected chi connectivity index (χ1v) is 11.3. The van der Waals surface area contributed by atoms with Crippen molar-refractivity contribution in [2.45, 2.75) is 39.7 Å². The van der Waals surface area contributed by atoms with Crippen molar-refractivity contribution in [3.8, 4) is 5.75 Å². The first-order chi connectivity index (χ1) is 15.5. The van der Waals surface area contributed by atoms with E-state index in [4.69, 9.17) is 9.94 Å². The van der Waals surface area contributed by atoms with Gasteiger partial charge in [0.1, 0.15) is 11.9 Å². The number of carbonyl (C=O) groups is 3. The maximum absolute atomic E-state index is 12.7. The Balaban J connectivity index is 2.24. The highest BCUT2D eigenvalue weighted by Gasteiger charge is 2.35. The number of nitrogens with one attached hydrogen (secondary N) is 2. The van der Waals surface area contributed by atoms with E-state index in [1.807, 2.05) is 13.8 Å². The first kappa shape index (κ1) is 26.3. The zero-order chi connectivity index (χ0) is 24.6. The SMILES string of the molecule is CC(=O)c1ccc(NC(=O)O[C@H](c2cc(I)ccc2O)C(C)(C)CC/C=C/C(=O)NO)cc1. The van der Waals surface area contributed by atoms with Crippen LogP contribution >= 0.6 is 22.6 Å². The Hall–Kier alpha value is -2.92. The minimum Gasteiger partial charge on any atom is -0.508 e. The predicted molar refractivity (Wildman–Crippen MR) is 132 cm³/mol. The van der Waals surface area contributed by atoms with Gasteiger partial charge in [-0.25, -0.2) is 10.3 Å². The lowest BCUT2D eigenvalue weighted by atomic mass is 9.78. The molecule has 0 heterocycles. The fourth-order valence-corrected chi connectivity index (χ4v) is 3.75. The van der Waals surface area contributed by atoms with E-state index in [9.17, 15) is 19.5 Å². The first-order valence-electron chi connectivity index (χ1n) is 10.2. The molecule has 0 aliphatic heterocycles. The number of aromatic hydroxyl groups is 1. The van der Waals surface area contributed by atoms with E-state index >= 15 is 0 Å². The molecule has 0 radical (unpaired) electrons. The van der Waals surface area contributed by atoms with Crippen molar-refractivity contribution >= 4 is 46.1 Å². The van der Waals surface area contributed by atoms with Gasteiger partial charge in [0, 0.05) is 31.9 Å². The van der Waals surface area contributed by atoms with Gasteiger partial charge in [-0.1, -0.05) is 19.9 Å². The topological polar surface area (TPSA) is 125 Å². The highest BCUT2D eigenvalue weighted by atomic mass is 127. The summed E-state index contributed by atoms with van der Waals surface area (Å²) in [4.78, 5) is 35.3. The van der Waals surface area contributed by atoms with Crippen LogP contribution in [0.3, 0.4) is 0 Å². The molecule has 2 aromatic carbocycles. The number of hydrogen-bond donors (Lipinski definition) is 4. The van der Waals surface area contributed by atoms with Gasteiger partial charge in [-0.15, -0.1) is 0 Å². The van der Waals surface area contributed by atoms with E-state index in [1.165, 1.54) is 18.5 Å². The third-order valence-corrected chi connectivity index (χ3v) is 5.75. The van der Waals surface area contributed by atoms with Crippen LogP contribution in [-0.2, 0) is 9.53 Å². The number of ether oxygens (including phenoxy) is 1. The molecule has 0 spiro atoms. The highest BCUT2D eigenvalue weighted by Crippen LogP contribution is 2.44. The van der Waals surface area contributed by atoms with Crippen molar-refractivity contribution in [1.29, 1.82) is 0 Å². The van der Waals surface area contributed by atoms with Crippen molar-refractivity contribution in [3.05, 3.63) is 69.3 Å². The van der Waals surface area contributed by atoms with Gasteiger partial charge < -0.3 is 9.84 Å². The Morgan fingerprint density at radius 3 is 2.42 bits per heavy atom. The van der Waals surface area contributed by atoms with Crippen molar-refractivity contribution in [3.63, 3.8) is 0 Å². The second kappa shape index (κ2) is 11.8. The summed E-state index contributed by atoms with van der Waals surface area (Å²) in [6, 6.07) is 11.5. The molecule has 176 valence electrons. The van der Waals surface area contributed by atoms with Crippen molar-refractivity contribution in [1.82, 2.24) is 5.48 Å². The van der Waals surface area contributed by atoms with Crippen LogP contribution in [0.1, 0.15) is 55.6 Å². The Morgan fingerprint density at radius 1 is 1.15 bits per heavy atom. The molecule has 0 unspecified atom stereocenters.